The lowest BCUT2D eigenvalue weighted by atomic mass is 10.1. The number of ether oxygens (including phenoxy) is 3. The molecule has 1 saturated heterocycles. The van der Waals surface area contributed by atoms with Crippen molar-refractivity contribution in [2.45, 2.75) is 11.8 Å². The molecule has 0 amide bonds. The van der Waals surface area contributed by atoms with Gasteiger partial charge < -0.3 is 19.1 Å². The van der Waals surface area contributed by atoms with Crippen LogP contribution in [0, 0.1) is 12.7 Å². The van der Waals surface area contributed by atoms with Gasteiger partial charge in [0, 0.05) is 31.7 Å². The zero-order valence-corrected chi connectivity index (χ0v) is 20.8. The van der Waals surface area contributed by atoms with Crippen LogP contribution in [0.15, 0.2) is 47.4 Å². The van der Waals surface area contributed by atoms with E-state index >= 15 is 0 Å². The molecule has 3 aromatic rings. The van der Waals surface area contributed by atoms with Gasteiger partial charge in [-0.05, 0) is 55.0 Å². The van der Waals surface area contributed by atoms with Crippen molar-refractivity contribution in [3.8, 4) is 28.5 Å². The molecular formula is C24H27FN4O5S. The Bertz CT molecular complexity index is 1280. The predicted octanol–water partition coefficient (Wildman–Crippen LogP) is 3.13. The van der Waals surface area contributed by atoms with Gasteiger partial charge in [0.15, 0.2) is 17.3 Å². The van der Waals surface area contributed by atoms with Crippen molar-refractivity contribution >= 4 is 15.8 Å². The van der Waals surface area contributed by atoms with Gasteiger partial charge in [-0.2, -0.15) is 4.31 Å². The van der Waals surface area contributed by atoms with Crippen molar-refractivity contribution < 1.29 is 27.0 Å². The van der Waals surface area contributed by atoms with E-state index in [9.17, 15) is 12.8 Å². The number of piperazine rings is 1. The van der Waals surface area contributed by atoms with E-state index in [2.05, 4.69) is 10.2 Å². The predicted molar refractivity (Wildman–Crippen MR) is 129 cm³/mol. The topological polar surface area (TPSA) is 94.1 Å². The number of benzene rings is 2. The lowest BCUT2D eigenvalue weighted by Gasteiger charge is -2.34. The maximum Gasteiger partial charge on any atom is 0.243 e. The van der Waals surface area contributed by atoms with Crippen LogP contribution in [-0.4, -0.2) is 70.4 Å². The van der Waals surface area contributed by atoms with E-state index < -0.39 is 15.8 Å². The maximum atomic E-state index is 13.6. The van der Waals surface area contributed by atoms with Crippen LogP contribution in [0.4, 0.5) is 10.2 Å². The van der Waals surface area contributed by atoms with Crippen molar-refractivity contribution in [1.82, 2.24) is 14.5 Å². The van der Waals surface area contributed by atoms with Crippen LogP contribution in [0.5, 0.6) is 17.2 Å². The van der Waals surface area contributed by atoms with Crippen LogP contribution < -0.4 is 19.1 Å². The summed E-state index contributed by atoms with van der Waals surface area (Å²) in [4.78, 5) is 2.08. The van der Waals surface area contributed by atoms with Crippen LogP contribution in [0.1, 0.15) is 5.56 Å². The van der Waals surface area contributed by atoms with Gasteiger partial charge in [0.1, 0.15) is 5.82 Å². The Hall–Kier alpha value is -3.44. The molecule has 1 aliphatic heterocycles. The quantitative estimate of drug-likeness (QED) is 0.487. The minimum atomic E-state index is -3.70. The summed E-state index contributed by atoms with van der Waals surface area (Å²) in [5.74, 6) is 1.74. The Morgan fingerprint density at radius 2 is 1.51 bits per heavy atom. The highest BCUT2D eigenvalue weighted by molar-refractivity contribution is 7.89. The molecule has 0 N–H and O–H groups in total. The van der Waals surface area contributed by atoms with E-state index in [-0.39, 0.29) is 18.0 Å². The Kier molecular flexibility index (Phi) is 7.08. The summed E-state index contributed by atoms with van der Waals surface area (Å²) in [6, 6.07) is 11.1. The molecule has 1 aromatic heterocycles. The molecule has 2 aromatic carbocycles. The van der Waals surface area contributed by atoms with Crippen molar-refractivity contribution in [2.75, 3.05) is 52.4 Å². The van der Waals surface area contributed by atoms with E-state index in [1.807, 2.05) is 17.0 Å². The first-order valence-electron chi connectivity index (χ1n) is 10.9. The number of hydrogen-bond acceptors (Lipinski definition) is 8. The molecule has 35 heavy (non-hydrogen) atoms. The fourth-order valence-electron chi connectivity index (χ4n) is 3.96. The zero-order valence-electron chi connectivity index (χ0n) is 20.0. The largest absolute Gasteiger partial charge is 0.493 e. The van der Waals surface area contributed by atoms with Crippen LogP contribution >= 0.6 is 0 Å². The number of nitrogens with zero attached hydrogens (tertiary/aromatic N) is 4. The van der Waals surface area contributed by atoms with Crippen LogP contribution in [0.2, 0.25) is 0 Å². The number of aromatic nitrogens is 2. The molecule has 186 valence electrons. The molecule has 0 unspecified atom stereocenters. The van der Waals surface area contributed by atoms with E-state index in [0.29, 0.717) is 47.4 Å². The molecule has 11 heteroatoms. The smallest absolute Gasteiger partial charge is 0.243 e. The summed E-state index contributed by atoms with van der Waals surface area (Å²) in [6.07, 6.45) is 0. The zero-order chi connectivity index (χ0) is 25.2. The molecule has 0 bridgehead atoms. The summed E-state index contributed by atoms with van der Waals surface area (Å²) in [5.41, 5.74) is 1.68. The number of anilines is 1. The maximum absolute atomic E-state index is 13.6. The van der Waals surface area contributed by atoms with Crippen LogP contribution in [0.25, 0.3) is 11.3 Å². The molecule has 1 aliphatic rings. The van der Waals surface area contributed by atoms with Gasteiger partial charge >= 0.3 is 0 Å². The highest BCUT2D eigenvalue weighted by atomic mass is 32.2. The fraction of sp³-hybridized carbons (Fsp3) is 0.333. The molecular weight excluding hydrogens is 475 g/mol. The van der Waals surface area contributed by atoms with Gasteiger partial charge in [0.2, 0.25) is 15.8 Å². The van der Waals surface area contributed by atoms with E-state index in [4.69, 9.17) is 14.2 Å². The summed E-state index contributed by atoms with van der Waals surface area (Å²) >= 11 is 0. The van der Waals surface area contributed by atoms with Gasteiger partial charge in [-0.3, -0.25) is 0 Å². The molecule has 0 saturated carbocycles. The third-order valence-electron chi connectivity index (χ3n) is 5.94. The number of hydrogen-bond donors (Lipinski definition) is 0. The molecule has 0 atom stereocenters. The highest BCUT2D eigenvalue weighted by Crippen LogP contribution is 2.40. The van der Waals surface area contributed by atoms with Gasteiger partial charge in [0.25, 0.3) is 0 Å². The molecule has 4 rings (SSSR count). The summed E-state index contributed by atoms with van der Waals surface area (Å²) in [6.45, 7) is 3.03. The fourth-order valence-corrected chi connectivity index (χ4v) is 5.47. The minimum absolute atomic E-state index is 0.0966. The molecule has 9 nitrogen and oxygen atoms in total. The van der Waals surface area contributed by atoms with Gasteiger partial charge in [-0.15, -0.1) is 10.2 Å². The molecule has 1 fully saturated rings. The Labute approximate surface area is 204 Å². The standard InChI is InChI=1S/C24H27FN4O5S/c1-16-13-18(5-6-19(16)25)35(30,31)29-11-9-28(10-12-29)23-8-7-20(26-27-23)17-14-21(32-2)24(34-4)22(15-17)33-3/h5-8,13-15H,9-12H2,1-4H3. The van der Waals surface area contributed by atoms with E-state index in [0.717, 1.165) is 5.56 Å². The van der Waals surface area contributed by atoms with E-state index in [1.54, 1.807) is 40.4 Å². The van der Waals surface area contributed by atoms with Crippen LogP contribution in [0.3, 0.4) is 0 Å². The second kappa shape index (κ2) is 10.0. The molecule has 0 aliphatic carbocycles. The summed E-state index contributed by atoms with van der Waals surface area (Å²) in [7, 11) is 0.940. The number of sulfonamides is 1. The van der Waals surface area contributed by atoms with Crippen molar-refractivity contribution in [1.29, 1.82) is 0 Å². The number of halogens is 1. The number of methoxy groups -OCH3 is 3. The first kappa shape index (κ1) is 24.7. The first-order valence-corrected chi connectivity index (χ1v) is 12.4. The minimum Gasteiger partial charge on any atom is -0.493 e. The average Bonchev–Trinajstić information content (AvgIpc) is 2.89. The molecule has 0 radical (unpaired) electrons. The Morgan fingerprint density at radius 3 is 2.03 bits per heavy atom. The van der Waals surface area contributed by atoms with Gasteiger partial charge in [-0.1, -0.05) is 0 Å². The SMILES string of the molecule is COc1cc(-c2ccc(N3CCN(S(=O)(=O)c4ccc(F)c(C)c4)CC3)nn2)cc(OC)c1OC. The van der Waals surface area contributed by atoms with Crippen molar-refractivity contribution in [3.05, 3.63) is 53.8 Å². The Balaban J connectivity index is 1.48. The van der Waals surface area contributed by atoms with Crippen LogP contribution in [-0.2, 0) is 10.0 Å². The third kappa shape index (κ3) is 4.87. The average molecular weight is 503 g/mol. The van der Waals surface area contributed by atoms with Crippen molar-refractivity contribution in [3.63, 3.8) is 0 Å². The normalized spacial score (nSPS) is 14.6. The molecule has 0 spiro atoms. The first-order chi connectivity index (χ1) is 16.8. The second-order valence-corrected chi connectivity index (χ2v) is 9.93. The van der Waals surface area contributed by atoms with Crippen molar-refractivity contribution in [2.24, 2.45) is 0 Å². The highest BCUT2D eigenvalue weighted by Gasteiger charge is 2.29. The summed E-state index contributed by atoms with van der Waals surface area (Å²) in [5, 5.41) is 8.71. The number of aryl methyl sites for hydroxylation is 1. The summed E-state index contributed by atoms with van der Waals surface area (Å²) < 4.78 is 57.1. The lowest BCUT2D eigenvalue weighted by molar-refractivity contribution is 0.324. The monoisotopic (exact) mass is 502 g/mol. The van der Waals surface area contributed by atoms with Gasteiger partial charge in [-0.25, -0.2) is 12.8 Å². The number of rotatable bonds is 7. The second-order valence-electron chi connectivity index (χ2n) is 7.99. The van der Waals surface area contributed by atoms with E-state index in [1.165, 1.54) is 22.5 Å². The third-order valence-corrected chi connectivity index (χ3v) is 7.84. The molecule has 2 heterocycles. The Morgan fingerprint density at radius 1 is 0.857 bits per heavy atom. The lowest BCUT2D eigenvalue weighted by Crippen LogP contribution is -2.49. The van der Waals surface area contributed by atoms with Gasteiger partial charge in [0.05, 0.1) is 31.9 Å².